The van der Waals surface area contributed by atoms with Crippen LogP contribution in [0.15, 0.2) is 24.3 Å². The van der Waals surface area contributed by atoms with Crippen molar-refractivity contribution in [1.29, 1.82) is 0 Å². The van der Waals surface area contributed by atoms with Gasteiger partial charge in [0.1, 0.15) is 0 Å². The van der Waals surface area contributed by atoms with Gasteiger partial charge in [-0.1, -0.05) is 0 Å². The summed E-state index contributed by atoms with van der Waals surface area (Å²) < 4.78 is 6.96. The van der Waals surface area contributed by atoms with Crippen molar-refractivity contribution in [2.45, 2.75) is 0 Å². The van der Waals surface area contributed by atoms with E-state index in [1.165, 1.54) is 24.3 Å². The zero-order valence-corrected chi connectivity index (χ0v) is 11.8. The average Bonchev–Trinajstić information content (AvgIpc) is 2.48. The van der Waals surface area contributed by atoms with Crippen LogP contribution < -0.4 is 5.32 Å². The van der Waals surface area contributed by atoms with E-state index in [0.717, 1.165) is 11.9 Å². The van der Waals surface area contributed by atoms with Gasteiger partial charge in [-0.2, -0.15) is 0 Å². The maximum Gasteiger partial charge on any atom is 0.301 e. The number of hydrogen-bond donors (Lipinski definition) is 1. The Kier molecular flexibility index (Phi) is 5.26. The number of carbonyl (C=O) groups is 2. The molecule has 0 spiro atoms. The van der Waals surface area contributed by atoms with E-state index in [9.17, 15) is 19.7 Å². The van der Waals surface area contributed by atoms with Crippen LogP contribution >= 0.6 is 11.9 Å². The molecule has 2 amide bonds. The van der Waals surface area contributed by atoms with E-state index in [1.54, 1.807) is 0 Å². The molecule has 21 heavy (non-hydrogen) atoms. The van der Waals surface area contributed by atoms with Gasteiger partial charge in [0, 0.05) is 42.7 Å². The molecule has 0 atom stereocenters. The molecule has 0 radical (unpaired) electrons. The van der Waals surface area contributed by atoms with Gasteiger partial charge in [0.25, 0.3) is 11.6 Å². The summed E-state index contributed by atoms with van der Waals surface area (Å²) in [5.74, 6) is -0.587. The number of amides is 2. The molecule has 1 heterocycles. The Morgan fingerprint density at radius 1 is 1.24 bits per heavy atom. The molecule has 8 nitrogen and oxygen atoms in total. The molecule has 1 aliphatic rings. The highest BCUT2D eigenvalue weighted by Gasteiger charge is 2.18. The topological polar surface area (TPSA) is 102 Å². The van der Waals surface area contributed by atoms with Crippen molar-refractivity contribution in [3.63, 3.8) is 0 Å². The lowest BCUT2D eigenvalue weighted by Crippen LogP contribution is -2.35. The van der Waals surface area contributed by atoms with Crippen molar-refractivity contribution < 1.29 is 19.2 Å². The van der Waals surface area contributed by atoms with Gasteiger partial charge in [0.2, 0.25) is 0 Å². The third kappa shape index (κ3) is 4.52. The van der Waals surface area contributed by atoms with E-state index in [2.05, 4.69) is 5.32 Å². The first-order valence-electron chi connectivity index (χ1n) is 6.16. The van der Waals surface area contributed by atoms with E-state index in [-0.39, 0.29) is 11.3 Å². The van der Waals surface area contributed by atoms with Crippen LogP contribution in [0.2, 0.25) is 0 Å². The first-order chi connectivity index (χ1) is 10.1. The summed E-state index contributed by atoms with van der Waals surface area (Å²) in [6.07, 6.45) is 0. The lowest BCUT2D eigenvalue weighted by molar-refractivity contribution is -0.384. The highest BCUT2D eigenvalue weighted by atomic mass is 32.2. The van der Waals surface area contributed by atoms with Crippen molar-refractivity contribution >= 4 is 28.8 Å². The van der Waals surface area contributed by atoms with Gasteiger partial charge in [0.05, 0.1) is 18.1 Å². The number of rotatable bonds is 3. The second-order valence-corrected chi connectivity index (χ2v) is 5.25. The number of nitro benzene ring substituents is 1. The molecule has 112 valence electrons. The van der Waals surface area contributed by atoms with Gasteiger partial charge in [-0.3, -0.25) is 25.0 Å². The molecule has 0 aliphatic carbocycles. The average molecular weight is 311 g/mol. The van der Waals surface area contributed by atoms with Crippen LogP contribution in [0, 0.1) is 10.1 Å². The molecule has 0 bridgehead atoms. The van der Waals surface area contributed by atoms with Gasteiger partial charge < -0.3 is 4.74 Å². The SMILES string of the molecule is O=C(NC(=O)c1ccc([N+](=O)[O-])cc1)SN1CCOCC1. The Morgan fingerprint density at radius 3 is 2.43 bits per heavy atom. The molecular weight excluding hydrogens is 298 g/mol. The number of nitrogens with zero attached hydrogens (tertiary/aromatic N) is 2. The summed E-state index contributed by atoms with van der Waals surface area (Å²) in [6, 6.07) is 5.04. The van der Waals surface area contributed by atoms with Crippen molar-refractivity contribution in [2.24, 2.45) is 0 Å². The summed E-state index contributed by atoms with van der Waals surface area (Å²) >= 11 is 0.926. The number of non-ortho nitro benzene ring substituents is 1. The molecule has 1 aliphatic heterocycles. The largest absolute Gasteiger partial charge is 0.379 e. The van der Waals surface area contributed by atoms with Crippen LogP contribution in [0.25, 0.3) is 0 Å². The van der Waals surface area contributed by atoms with E-state index in [1.807, 2.05) is 4.31 Å². The fourth-order valence-corrected chi connectivity index (χ4v) is 2.38. The third-order valence-corrected chi connectivity index (χ3v) is 3.63. The fraction of sp³-hybridized carbons (Fsp3) is 0.333. The standard InChI is InChI=1S/C12H13N3O5S/c16-11(9-1-3-10(4-2-9)15(18)19)13-12(17)21-14-5-7-20-8-6-14/h1-4H,5-8H2,(H,13,16,17). The second kappa shape index (κ2) is 7.16. The molecule has 0 saturated carbocycles. The van der Waals surface area contributed by atoms with Crippen molar-refractivity contribution in [1.82, 2.24) is 9.62 Å². The third-order valence-electron chi connectivity index (χ3n) is 2.74. The molecule has 0 aromatic heterocycles. The molecule has 1 saturated heterocycles. The number of hydrogen-bond acceptors (Lipinski definition) is 7. The number of ether oxygens (including phenoxy) is 1. The Hall–Kier alpha value is -1.97. The molecule has 1 aromatic rings. The lowest BCUT2D eigenvalue weighted by Gasteiger charge is -2.24. The first-order valence-corrected chi connectivity index (χ1v) is 6.94. The number of morpholine rings is 1. The van der Waals surface area contributed by atoms with Gasteiger partial charge in [-0.05, 0) is 12.1 Å². The van der Waals surface area contributed by atoms with Crippen LogP contribution in [-0.4, -0.2) is 46.7 Å². The lowest BCUT2D eigenvalue weighted by atomic mass is 10.2. The molecule has 1 aromatic carbocycles. The van der Waals surface area contributed by atoms with Crippen molar-refractivity contribution in [3.05, 3.63) is 39.9 Å². The second-order valence-electron chi connectivity index (χ2n) is 4.18. The van der Waals surface area contributed by atoms with Gasteiger partial charge in [-0.25, -0.2) is 4.31 Å². The van der Waals surface area contributed by atoms with Crippen LogP contribution in [0.4, 0.5) is 10.5 Å². The number of nitro groups is 1. The predicted octanol–water partition coefficient (Wildman–Crippen LogP) is 1.43. The monoisotopic (exact) mass is 311 g/mol. The van der Waals surface area contributed by atoms with Gasteiger partial charge >= 0.3 is 5.24 Å². The van der Waals surface area contributed by atoms with E-state index in [4.69, 9.17) is 4.74 Å². The fourth-order valence-electron chi connectivity index (χ4n) is 1.68. The summed E-state index contributed by atoms with van der Waals surface area (Å²) in [5, 5.41) is 12.3. The maximum absolute atomic E-state index is 11.8. The van der Waals surface area contributed by atoms with Crippen LogP contribution in [0.5, 0.6) is 0 Å². The minimum absolute atomic E-state index is 0.111. The number of imide groups is 1. The molecule has 9 heteroatoms. The molecule has 2 rings (SSSR count). The molecule has 0 unspecified atom stereocenters. The maximum atomic E-state index is 11.8. The minimum atomic E-state index is -0.587. The van der Waals surface area contributed by atoms with Crippen molar-refractivity contribution in [3.8, 4) is 0 Å². The van der Waals surface area contributed by atoms with E-state index < -0.39 is 16.1 Å². The normalized spacial score (nSPS) is 15.4. The highest BCUT2D eigenvalue weighted by Crippen LogP contribution is 2.14. The van der Waals surface area contributed by atoms with E-state index >= 15 is 0 Å². The van der Waals surface area contributed by atoms with E-state index in [0.29, 0.717) is 26.3 Å². The Balaban J connectivity index is 1.87. The van der Waals surface area contributed by atoms with Gasteiger partial charge in [0.15, 0.2) is 0 Å². The molecule has 1 N–H and O–H groups in total. The molecular formula is C12H13N3O5S. The number of benzene rings is 1. The summed E-state index contributed by atoms with van der Waals surface area (Å²) in [5.41, 5.74) is 0.0806. The zero-order chi connectivity index (χ0) is 15.2. The predicted molar refractivity (Wildman–Crippen MR) is 75.9 cm³/mol. The minimum Gasteiger partial charge on any atom is -0.379 e. The summed E-state index contributed by atoms with van der Waals surface area (Å²) in [7, 11) is 0. The first kappa shape index (κ1) is 15.4. The summed E-state index contributed by atoms with van der Waals surface area (Å²) in [6.45, 7) is 2.33. The smallest absolute Gasteiger partial charge is 0.301 e. The van der Waals surface area contributed by atoms with Crippen LogP contribution in [-0.2, 0) is 4.74 Å². The Morgan fingerprint density at radius 2 is 1.86 bits per heavy atom. The Labute approximate surface area is 124 Å². The van der Waals surface area contributed by atoms with Crippen molar-refractivity contribution in [2.75, 3.05) is 26.3 Å². The number of nitrogens with one attached hydrogen (secondary N) is 1. The Bertz CT molecular complexity index is 542. The van der Waals surface area contributed by atoms with Gasteiger partial charge in [-0.15, -0.1) is 0 Å². The van der Waals surface area contributed by atoms with Crippen LogP contribution in [0.1, 0.15) is 10.4 Å². The van der Waals surface area contributed by atoms with Crippen LogP contribution in [0.3, 0.4) is 0 Å². The summed E-state index contributed by atoms with van der Waals surface area (Å²) in [4.78, 5) is 33.5. The highest BCUT2D eigenvalue weighted by molar-refractivity contribution is 8.11. The zero-order valence-electron chi connectivity index (χ0n) is 11.0. The quantitative estimate of drug-likeness (QED) is 0.511. The molecule has 1 fully saturated rings. The number of carbonyl (C=O) groups excluding carboxylic acids is 2.